The third-order valence-electron chi connectivity index (χ3n) is 2.58. The molecule has 4 nitrogen and oxygen atoms in total. The van der Waals surface area contributed by atoms with E-state index < -0.39 is 5.97 Å². The van der Waals surface area contributed by atoms with Crippen molar-refractivity contribution < 1.29 is 19.4 Å². The summed E-state index contributed by atoms with van der Waals surface area (Å²) in [4.78, 5) is 11.8. The molecule has 98 valence electrons. The number of ether oxygens (including phenoxy) is 2. The summed E-state index contributed by atoms with van der Waals surface area (Å²) in [5.74, 6) is -0.228. The molecule has 0 saturated carbocycles. The van der Waals surface area contributed by atoms with Crippen molar-refractivity contribution in [3.63, 3.8) is 0 Å². The van der Waals surface area contributed by atoms with Gasteiger partial charge < -0.3 is 14.6 Å². The Labute approximate surface area is 114 Å². The van der Waals surface area contributed by atoms with Gasteiger partial charge in [0.15, 0.2) is 0 Å². The Hall–Kier alpha value is -0.750. The molecule has 0 amide bonds. The molecule has 1 atom stereocenters. The average Bonchev–Trinajstić information content (AvgIpc) is 2.38. The smallest absolute Gasteiger partial charge is 0.337 e. The van der Waals surface area contributed by atoms with Gasteiger partial charge in [-0.3, -0.25) is 0 Å². The number of thioether (sulfide) groups is 1. The van der Waals surface area contributed by atoms with E-state index in [0.29, 0.717) is 13.4 Å². The number of benzene rings is 1. The number of carboxylic acids is 1. The summed E-state index contributed by atoms with van der Waals surface area (Å²) >= 11 is 7.37. The summed E-state index contributed by atoms with van der Waals surface area (Å²) in [6.07, 6.45) is 1.03. The van der Waals surface area contributed by atoms with Crippen molar-refractivity contribution in [1.29, 1.82) is 0 Å². The normalized spacial score (nSPS) is 19.7. The van der Waals surface area contributed by atoms with Gasteiger partial charge in [-0.05, 0) is 24.6 Å². The van der Waals surface area contributed by atoms with E-state index in [-0.39, 0.29) is 16.7 Å². The summed E-state index contributed by atoms with van der Waals surface area (Å²) in [6.45, 7) is 1.05. The molecule has 1 N–H and O–H groups in total. The fourth-order valence-electron chi connectivity index (χ4n) is 1.58. The highest BCUT2D eigenvalue weighted by molar-refractivity contribution is 7.99. The van der Waals surface area contributed by atoms with E-state index in [1.54, 1.807) is 23.9 Å². The molecule has 0 aliphatic carbocycles. The van der Waals surface area contributed by atoms with Crippen molar-refractivity contribution in [1.82, 2.24) is 0 Å². The average molecular weight is 289 g/mol. The quantitative estimate of drug-likeness (QED) is 0.864. The van der Waals surface area contributed by atoms with Crippen LogP contribution in [0.2, 0.25) is 5.02 Å². The standard InChI is InChI=1S/C12H13ClO4S/c13-11-2-1-9(5-10(11)12(14)15)18-6-8-3-4-16-7-17-8/h1-2,5,8H,3-4,6-7H2,(H,14,15). The highest BCUT2D eigenvalue weighted by Crippen LogP contribution is 2.26. The third kappa shape index (κ3) is 3.62. The first-order valence-electron chi connectivity index (χ1n) is 5.52. The monoisotopic (exact) mass is 288 g/mol. The van der Waals surface area contributed by atoms with Gasteiger partial charge in [0.25, 0.3) is 0 Å². The third-order valence-corrected chi connectivity index (χ3v) is 4.03. The highest BCUT2D eigenvalue weighted by atomic mass is 35.5. The van der Waals surface area contributed by atoms with Crippen LogP contribution in [0, 0.1) is 0 Å². The molecule has 1 aromatic rings. The van der Waals surface area contributed by atoms with Crippen LogP contribution in [-0.2, 0) is 9.47 Å². The molecule has 2 rings (SSSR count). The van der Waals surface area contributed by atoms with Gasteiger partial charge in [0.1, 0.15) is 6.79 Å². The molecule has 1 fully saturated rings. The molecule has 0 aromatic heterocycles. The van der Waals surface area contributed by atoms with Crippen LogP contribution in [0.15, 0.2) is 23.1 Å². The maximum atomic E-state index is 10.9. The summed E-state index contributed by atoms with van der Waals surface area (Å²) in [6, 6.07) is 5.02. The van der Waals surface area contributed by atoms with E-state index in [1.807, 2.05) is 6.07 Å². The van der Waals surface area contributed by atoms with Crippen LogP contribution in [-0.4, -0.2) is 36.3 Å². The lowest BCUT2D eigenvalue weighted by Crippen LogP contribution is -2.25. The lowest BCUT2D eigenvalue weighted by atomic mass is 10.2. The maximum Gasteiger partial charge on any atom is 0.337 e. The van der Waals surface area contributed by atoms with E-state index in [1.165, 1.54) is 0 Å². The van der Waals surface area contributed by atoms with Crippen molar-refractivity contribution in [3.05, 3.63) is 28.8 Å². The van der Waals surface area contributed by atoms with Crippen LogP contribution in [0.4, 0.5) is 0 Å². The zero-order valence-corrected chi connectivity index (χ0v) is 11.2. The molecule has 1 saturated heterocycles. The second kappa shape index (κ2) is 6.43. The maximum absolute atomic E-state index is 10.9. The number of rotatable bonds is 4. The van der Waals surface area contributed by atoms with Crippen molar-refractivity contribution in [2.45, 2.75) is 17.4 Å². The Bertz CT molecular complexity index is 432. The van der Waals surface area contributed by atoms with E-state index in [4.69, 9.17) is 26.2 Å². The van der Waals surface area contributed by atoms with Gasteiger partial charge in [0.2, 0.25) is 0 Å². The van der Waals surface area contributed by atoms with Crippen LogP contribution in [0.5, 0.6) is 0 Å². The first kappa shape index (κ1) is 13.7. The van der Waals surface area contributed by atoms with Crippen molar-refractivity contribution in [3.8, 4) is 0 Å². The predicted molar refractivity (Wildman–Crippen MR) is 69.4 cm³/mol. The molecule has 0 radical (unpaired) electrons. The number of carboxylic acid groups (broad SMARTS) is 1. The zero-order chi connectivity index (χ0) is 13.0. The molecule has 1 unspecified atom stereocenters. The van der Waals surface area contributed by atoms with Crippen molar-refractivity contribution in [2.75, 3.05) is 19.2 Å². The van der Waals surface area contributed by atoms with Crippen molar-refractivity contribution >= 4 is 29.3 Å². The molecule has 0 bridgehead atoms. The second-order valence-electron chi connectivity index (χ2n) is 3.86. The van der Waals surface area contributed by atoms with Crippen molar-refractivity contribution in [2.24, 2.45) is 0 Å². The Kier molecular flexibility index (Phi) is 4.88. The molecular formula is C12H13ClO4S. The van der Waals surface area contributed by atoms with E-state index >= 15 is 0 Å². The Morgan fingerprint density at radius 1 is 1.56 bits per heavy atom. The van der Waals surface area contributed by atoms with E-state index in [2.05, 4.69) is 0 Å². The van der Waals surface area contributed by atoms with Crippen LogP contribution in [0.25, 0.3) is 0 Å². The molecule has 1 heterocycles. The SMILES string of the molecule is O=C(O)c1cc(SCC2CCOCO2)ccc1Cl. The Morgan fingerprint density at radius 3 is 3.06 bits per heavy atom. The van der Waals surface area contributed by atoms with Crippen LogP contribution in [0.3, 0.4) is 0 Å². The number of aromatic carboxylic acids is 1. The molecule has 18 heavy (non-hydrogen) atoms. The number of hydrogen-bond acceptors (Lipinski definition) is 4. The highest BCUT2D eigenvalue weighted by Gasteiger charge is 2.15. The summed E-state index contributed by atoms with van der Waals surface area (Å²) in [5.41, 5.74) is 0.134. The van der Waals surface area contributed by atoms with Crippen LogP contribution < -0.4 is 0 Å². The molecular weight excluding hydrogens is 276 g/mol. The first-order chi connectivity index (χ1) is 8.66. The van der Waals surface area contributed by atoms with Gasteiger partial charge in [-0.25, -0.2) is 4.79 Å². The van der Waals surface area contributed by atoms with Gasteiger partial charge >= 0.3 is 5.97 Å². The molecule has 0 spiro atoms. The van der Waals surface area contributed by atoms with Gasteiger partial charge in [-0.2, -0.15) is 0 Å². The molecule has 1 aliphatic heterocycles. The van der Waals surface area contributed by atoms with E-state index in [9.17, 15) is 4.79 Å². The predicted octanol–water partition coefficient (Wildman–Crippen LogP) is 2.89. The zero-order valence-electron chi connectivity index (χ0n) is 9.60. The Balaban J connectivity index is 1.96. The minimum atomic E-state index is -1.01. The fourth-order valence-corrected chi connectivity index (χ4v) is 2.79. The van der Waals surface area contributed by atoms with E-state index in [0.717, 1.165) is 17.1 Å². The fraction of sp³-hybridized carbons (Fsp3) is 0.417. The number of hydrogen-bond donors (Lipinski definition) is 1. The number of carbonyl (C=O) groups is 1. The van der Waals surface area contributed by atoms with Gasteiger partial charge in [0, 0.05) is 10.6 Å². The summed E-state index contributed by atoms with van der Waals surface area (Å²) in [5, 5.41) is 9.23. The van der Waals surface area contributed by atoms with Crippen LogP contribution >= 0.6 is 23.4 Å². The van der Waals surface area contributed by atoms with Gasteiger partial charge in [-0.15, -0.1) is 11.8 Å². The lowest BCUT2D eigenvalue weighted by Gasteiger charge is -2.22. The van der Waals surface area contributed by atoms with Gasteiger partial charge in [0.05, 0.1) is 23.3 Å². The topological polar surface area (TPSA) is 55.8 Å². The minimum Gasteiger partial charge on any atom is -0.478 e. The molecule has 1 aliphatic rings. The first-order valence-corrected chi connectivity index (χ1v) is 6.88. The Morgan fingerprint density at radius 2 is 2.39 bits per heavy atom. The number of halogens is 1. The second-order valence-corrected chi connectivity index (χ2v) is 5.36. The van der Waals surface area contributed by atoms with Crippen LogP contribution in [0.1, 0.15) is 16.8 Å². The summed E-state index contributed by atoms with van der Waals surface area (Å²) in [7, 11) is 0. The largest absolute Gasteiger partial charge is 0.478 e. The van der Waals surface area contributed by atoms with Gasteiger partial charge in [-0.1, -0.05) is 11.6 Å². The lowest BCUT2D eigenvalue weighted by molar-refractivity contribution is -0.130. The molecule has 1 aromatic carbocycles. The minimum absolute atomic E-state index is 0.134. The summed E-state index contributed by atoms with van der Waals surface area (Å²) < 4.78 is 10.5. The molecule has 6 heteroatoms.